The molecular formula is C15H11FN4O2. The van der Waals surface area contributed by atoms with Crippen molar-refractivity contribution in [3.05, 3.63) is 66.1 Å². The van der Waals surface area contributed by atoms with Crippen molar-refractivity contribution in [3.8, 4) is 11.5 Å². The van der Waals surface area contributed by atoms with Crippen molar-refractivity contribution < 1.29 is 13.6 Å². The molecule has 22 heavy (non-hydrogen) atoms. The lowest BCUT2D eigenvalue weighted by molar-refractivity contribution is 0.0947. The lowest BCUT2D eigenvalue weighted by Gasteiger charge is -2.01. The summed E-state index contributed by atoms with van der Waals surface area (Å²) in [7, 11) is 0. The maximum atomic E-state index is 13.6. The molecule has 2 aromatic heterocycles. The fraction of sp³-hybridized carbons (Fsp3) is 0.0667. The molecule has 2 heterocycles. The quantitative estimate of drug-likeness (QED) is 0.798. The van der Waals surface area contributed by atoms with E-state index in [1.807, 2.05) is 0 Å². The van der Waals surface area contributed by atoms with Crippen LogP contribution in [0.2, 0.25) is 0 Å². The van der Waals surface area contributed by atoms with Gasteiger partial charge >= 0.3 is 0 Å². The number of amides is 1. The van der Waals surface area contributed by atoms with Crippen LogP contribution in [-0.2, 0) is 6.54 Å². The molecule has 0 aliphatic rings. The normalized spacial score (nSPS) is 10.4. The number of halogens is 1. The smallest absolute Gasteiger partial charge is 0.251 e. The zero-order chi connectivity index (χ0) is 15.4. The topological polar surface area (TPSA) is 80.9 Å². The van der Waals surface area contributed by atoms with E-state index in [9.17, 15) is 9.18 Å². The maximum absolute atomic E-state index is 13.6. The lowest BCUT2D eigenvalue weighted by atomic mass is 10.2. The van der Waals surface area contributed by atoms with Gasteiger partial charge < -0.3 is 9.73 Å². The van der Waals surface area contributed by atoms with Gasteiger partial charge in [0, 0.05) is 18.0 Å². The lowest BCUT2D eigenvalue weighted by Crippen LogP contribution is -2.22. The van der Waals surface area contributed by atoms with Gasteiger partial charge in [-0.25, -0.2) is 4.39 Å². The molecule has 0 spiro atoms. The van der Waals surface area contributed by atoms with Crippen molar-refractivity contribution in [3.63, 3.8) is 0 Å². The maximum Gasteiger partial charge on any atom is 0.251 e. The number of hydrogen-bond donors (Lipinski definition) is 1. The highest BCUT2D eigenvalue weighted by Crippen LogP contribution is 2.20. The minimum absolute atomic E-state index is 0.0581. The molecular weight excluding hydrogens is 287 g/mol. The number of nitrogens with one attached hydrogen (secondary N) is 1. The average molecular weight is 298 g/mol. The standard InChI is InChI=1S/C15H11FN4O2/c16-12-4-2-1-3-11(12)15-20-19-13(22-15)9-18-14(21)10-5-7-17-8-6-10/h1-8H,9H2,(H,18,21). The first-order valence-electron chi connectivity index (χ1n) is 6.49. The minimum atomic E-state index is -0.446. The number of aromatic nitrogens is 3. The van der Waals surface area contributed by atoms with Gasteiger partial charge in [-0.2, -0.15) is 0 Å². The van der Waals surface area contributed by atoms with Gasteiger partial charge in [0.25, 0.3) is 11.8 Å². The molecule has 6 nitrogen and oxygen atoms in total. The summed E-state index contributed by atoms with van der Waals surface area (Å²) in [6, 6.07) is 9.28. The van der Waals surface area contributed by atoms with Crippen molar-refractivity contribution in [2.45, 2.75) is 6.54 Å². The van der Waals surface area contributed by atoms with Crippen LogP contribution in [-0.4, -0.2) is 21.1 Å². The van der Waals surface area contributed by atoms with Crippen LogP contribution in [0.5, 0.6) is 0 Å². The SMILES string of the molecule is O=C(NCc1nnc(-c2ccccc2F)o1)c1ccncc1. The van der Waals surface area contributed by atoms with E-state index in [2.05, 4.69) is 20.5 Å². The second-order valence-corrected chi connectivity index (χ2v) is 4.40. The number of nitrogens with zero attached hydrogens (tertiary/aromatic N) is 3. The molecule has 1 amide bonds. The Labute approximate surface area is 125 Å². The van der Waals surface area contributed by atoms with Gasteiger partial charge in [-0.1, -0.05) is 12.1 Å². The Morgan fingerprint density at radius 3 is 2.68 bits per heavy atom. The van der Waals surface area contributed by atoms with E-state index >= 15 is 0 Å². The van der Waals surface area contributed by atoms with Crippen LogP contribution in [0.15, 0.2) is 53.2 Å². The number of pyridine rings is 1. The molecule has 0 atom stereocenters. The summed E-state index contributed by atoms with van der Waals surface area (Å²) in [6.45, 7) is 0.0581. The predicted molar refractivity (Wildman–Crippen MR) is 75.1 cm³/mol. The van der Waals surface area contributed by atoms with E-state index in [4.69, 9.17) is 4.42 Å². The van der Waals surface area contributed by atoms with Crippen molar-refractivity contribution in [2.75, 3.05) is 0 Å². The Hall–Kier alpha value is -3.09. The molecule has 0 radical (unpaired) electrons. The minimum Gasteiger partial charge on any atom is -0.419 e. The molecule has 7 heteroatoms. The first kappa shape index (κ1) is 13.9. The summed E-state index contributed by atoms with van der Waals surface area (Å²) >= 11 is 0. The Bertz CT molecular complexity index is 789. The van der Waals surface area contributed by atoms with Gasteiger partial charge in [0.05, 0.1) is 12.1 Å². The molecule has 1 aromatic carbocycles. The van der Waals surface area contributed by atoms with Crippen molar-refractivity contribution in [2.24, 2.45) is 0 Å². The van der Waals surface area contributed by atoms with Gasteiger partial charge in [0.1, 0.15) is 5.82 Å². The molecule has 0 aliphatic heterocycles. The van der Waals surface area contributed by atoms with Crippen LogP contribution in [0.1, 0.15) is 16.2 Å². The third kappa shape index (κ3) is 2.98. The number of rotatable bonds is 4. The summed E-state index contributed by atoms with van der Waals surface area (Å²) in [4.78, 5) is 15.7. The molecule has 0 unspecified atom stereocenters. The van der Waals surface area contributed by atoms with E-state index in [1.54, 1.807) is 30.3 Å². The Balaban J connectivity index is 1.68. The number of carbonyl (C=O) groups is 1. The summed E-state index contributed by atoms with van der Waals surface area (Å²) in [5, 5.41) is 10.2. The molecule has 0 fully saturated rings. The summed E-state index contributed by atoms with van der Waals surface area (Å²) in [5.74, 6) is -0.460. The van der Waals surface area contributed by atoms with Gasteiger partial charge in [0.15, 0.2) is 0 Å². The van der Waals surface area contributed by atoms with Crippen LogP contribution in [0.25, 0.3) is 11.5 Å². The number of hydrogen-bond acceptors (Lipinski definition) is 5. The molecule has 3 aromatic rings. The number of benzene rings is 1. The van der Waals surface area contributed by atoms with E-state index < -0.39 is 5.82 Å². The molecule has 3 rings (SSSR count). The Morgan fingerprint density at radius 2 is 1.91 bits per heavy atom. The summed E-state index contributed by atoms with van der Waals surface area (Å²) < 4.78 is 19.0. The van der Waals surface area contributed by atoms with Gasteiger partial charge in [-0.05, 0) is 24.3 Å². The van der Waals surface area contributed by atoms with Gasteiger partial charge in [0.2, 0.25) is 5.89 Å². The molecule has 110 valence electrons. The van der Waals surface area contributed by atoms with Crippen molar-refractivity contribution in [1.29, 1.82) is 0 Å². The average Bonchev–Trinajstić information content (AvgIpc) is 3.02. The zero-order valence-electron chi connectivity index (χ0n) is 11.4. The van der Waals surface area contributed by atoms with Gasteiger partial charge in [-0.3, -0.25) is 9.78 Å². The third-order valence-electron chi connectivity index (χ3n) is 2.91. The number of carbonyl (C=O) groups excluding carboxylic acids is 1. The zero-order valence-corrected chi connectivity index (χ0v) is 11.4. The third-order valence-corrected chi connectivity index (χ3v) is 2.91. The van der Waals surface area contributed by atoms with Crippen LogP contribution in [0.4, 0.5) is 4.39 Å². The van der Waals surface area contributed by atoms with Gasteiger partial charge in [-0.15, -0.1) is 10.2 Å². The first-order chi connectivity index (χ1) is 10.7. The highest BCUT2D eigenvalue weighted by Gasteiger charge is 2.13. The van der Waals surface area contributed by atoms with Crippen molar-refractivity contribution >= 4 is 5.91 Å². The highest BCUT2D eigenvalue weighted by molar-refractivity contribution is 5.93. The molecule has 0 saturated carbocycles. The molecule has 0 bridgehead atoms. The fourth-order valence-electron chi connectivity index (χ4n) is 1.83. The van der Waals surface area contributed by atoms with Crippen molar-refractivity contribution in [1.82, 2.24) is 20.5 Å². The fourth-order valence-corrected chi connectivity index (χ4v) is 1.83. The second-order valence-electron chi connectivity index (χ2n) is 4.40. The Morgan fingerprint density at radius 1 is 1.14 bits per heavy atom. The van der Waals surface area contributed by atoms with Crippen LogP contribution in [0, 0.1) is 5.82 Å². The highest BCUT2D eigenvalue weighted by atomic mass is 19.1. The van der Waals surface area contributed by atoms with Crippen LogP contribution >= 0.6 is 0 Å². The van der Waals surface area contributed by atoms with Crippen LogP contribution < -0.4 is 5.32 Å². The largest absolute Gasteiger partial charge is 0.419 e. The second kappa shape index (κ2) is 6.13. The van der Waals surface area contributed by atoms with E-state index in [-0.39, 0.29) is 29.8 Å². The van der Waals surface area contributed by atoms with E-state index in [0.29, 0.717) is 5.56 Å². The summed E-state index contributed by atoms with van der Waals surface area (Å²) in [6.07, 6.45) is 3.05. The molecule has 1 N–H and O–H groups in total. The van der Waals surface area contributed by atoms with E-state index in [1.165, 1.54) is 18.5 Å². The monoisotopic (exact) mass is 298 g/mol. The molecule has 0 aliphatic carbocycles. The Kier molecular flexibility index (Phi) is 3.86. The molecule has 0 saturated heterocycles. The predicted octanol–water partition coefficient (Wildman–Crippen LogP) is 2.20. The first-order valence-corrected chi connectivity index (χ1v) is 6.49. The summed E-state index contributed by atoms with van der Waals surface area (Å²) in [5.41, 5.74) is 0.700. The van der Waals surface area contributed by atoms with Crippen LogP contribution in [0.3, 0.4) is 0 Å². The van der Waals surface area contributed by atoms with E-state index in [0.717, 1.165) is 0 Å².